The molecule has 0 N–H and O–H groups in total. The maximum Gasteiger partial charge on any atom is 0.416 e. The molecule has 2 aliphatic carbocycles. The first-order valence-corrected chi connectivity index (χ1v) is 9.78. The fourth-order valence-electron chi connectivity index (χ4n) is 3.96. The molecule has 1 atom stereocenters. The molecule has 2 aromatic rings. The highest BCUT2D eigenvalue weighted by Gasteiger charge is 2.33. The summed E-state index contributed by atoms with van der Waals surface area (Å²) in [6.45, 7) is 0.451. The van der Waals surface area contributed by atoms with Crippen molar-refractivity contribution in [3.05, 3.63) is 88.5 Å². The molecule has 1 nitrogen and oxygen atoms in total. The average molecular weight is 384 g/mol. The average Bonchev–Trinajstić information content (AvgIpc) is 2.72. The lowest BCUT2D eigenvalue weighted by atomic mass is 9.89. The van der Waals surface area contributed by atoms with E-state index >= 15 is 0 Å². The van der Waals surface area contributed by atoms with Gasteiger partial charge in [-0.15, -0.1) is 0 Å². The second kappa shape index (κ2) is 7.86. The molecule has 0 bridgehead atoms. The molecular formula is C24H23F3O. The van der Waals surface area contributed by atoms with Gasteiger partial charge in [0.1, 0.15) is 12.4 Å². The van der Waals surface area contributed by atoms with Crippen LogP contribution in [-0.4, -0.2) is 6.18 Å². The minimum absolute atomic E-state index is 0.0326. The Morgan fingerprint density at radius 2 is 1.79 bits per heavy atom. The number of ether oxygens (including phenoxy) is 1. The van der Waals surface area contributed by atoms with Crippen LogP contribution < -0.4 is 4.74 Å². The molecule has 2 aromatic carbocycles. The Morgan fingerprint density at radius 3 is 2.54 bits per heavy atom. The predicted molar refractivity (Wildman–Crippen MR) is 104 cm³/mol. The van der Waals surface area contributed by atoms with Crippen LogP contribution in [-0.2, 0) is 19.4 Å². The fourth-order valence-corrected chi connectivity index (χ4v) is 3.96. The number of rotatable bonds is 4. The van der Waals surface area contributed by atoms with Gasteiger partial charge < -0.3 is 4.74 Å². The Morgan fingerprint density at radius 1 is 0.964 bits per heavy atom. The summed E-state index contributed by atoms with van der Waals surface area (Å²) in [7, 11) is 0. The van der Waals surface area contributed by atoms with Gasteiger partial charge in [0.2, 0.25) is 0 Å². The van der Waals surface area contributed by atoms with Crippen LogP contribution in [0.25, 0.3) is 0 Å². The van der Waals surface area contributed by atoms with Gasteiger partial charge in [0, 0.05) is 5.92 Å². The van der Waals surface area contributed by atoms with E-state index in [2.05, 4.69) is 12.1 Å². The Balaban J connectivity index is 1.41. The van der Waals surface area contributed by atoms with Crippen LogP contribution in [0.4, 0.5) is 13.2 Å². The SMILES string of the molecule is FC(F)(F)C1=CCC(c2cccc(COc3ccc4c(c3)CCCC4)c2)C=C1. The van der Waals surface area contributed by atoms with Crippen molar-refractivity contribution < 1.29 is 17.9 Å². The Bertz CT molecular complexity index is 908. The summed E-state index contributed by atoms with van der Waals surface area (Å²) >= 11 is 0. The number of hydrogen-bond donors (Lipinski definition) is 0. The molecule has 2 aliphatic rings. The van der Waals surface area contributed by atoms with Crippen LogP contribution in [0.5, 0.6) is 5.75 Å². The summed E-state index contributed by atoms with van der Waals surface area (Å²) in [5.41, 5.74) is 4.29. The van der Waals surface area contributed by atoms with E-state index in [1.54, 1.807) is 6.08 Å². The summed E-state index contributed by atoms with van der Waals surface area (Å²) in [6.07, 6.45) is 4.96. The van der Waals surface area contributed by atoms with E-state index in [1.807, 2.05) is 30.3 Å². The van der Waals surface area contributed by atoms with E-state index in [1.165, 1.54) is 36.1 Å². The molecule has 1 unspecified atom stereocenters. The normalized spacial score (nSPS) is 19.1. The van der Waals surface area contributed by atoms with Crippen molar-refractivity contribution in [1.82, 2.24) is 0 Å². The molecule has 0 radical (unpaired) electrons. The number of alkyl halides is 3. The van der Waals surface area contributed by atoms with E-state index in [0.29, 0.717) is 13.0 Å². The van der Waals surface area contributed by atoms with Gasteiger partial charge in [0.15, 0.2) is 0 Å². The summed E-state index contributed by atoms with van der Waals surface area (Å²) < 4.78 is 44.3. The Hall–Kier alpha value is -2.49. The third-order valence-corrected chi connectivity index (χ3v) is 5.53. The topological polar surface area (TPSA) is 9.23 Å². The zero-order chi connectivity index (χ0) is 19.6. The van der Waals surface area contributed by atoms with Crippen molar-refractivity contribution in [2.24, 2.45) is 0 Å². The van der Waals surface area contributed by atoms with Gasteiger partial charge in [-0.3, -0.25) is 0 Å². The molecule has 0 heterocycles. The quantitative estimate of drug-likeness (QED) is 0.571. The molecule has 146 valence electrons. The number of halogens is 3. The summed E-state index contributed by atoms with van der Waals surface area (Å²) in [4.78, 5) is 0. The monoisotopic (exact) mass is 384 g/mol. The van der Waals surface area contributed by atoms with Crippen LogP contribution >= 0.6 is 0 Å². The minimum atomic E-state index is -4.27. The van der Waals surface area contributed by atoms with Crippen molar-refractivity contribution in [3.8, 4) is 5.75 Å². The summed E-state index contributed by atoms with van der Waals surface area (Å²) in [5.74, 6) is 0.844. The first-order chi connectivity index (χ1) is 13.5. The summed E-state index contributed by atoms with van der Waals surface area (Å²) in [5, 5.41) is 0. The van der Waals surface area contributed by atoms with E-state index in [9.17, 15) is 13.2 Å². The van der Waals surface area contributed by atoms with Gasteiger partial charge in [0.25, 0.3) is 0 Å². The molecule has 0 saturated carbocycles. The third-order valence-electron chi connectivity index (χ3n) is 5.53. The first-order valence-electron chi connectivity index (χ1n) is 9.78. The van der Waals surface area contributed by atoms with E-state index < -0.39 is 11.7 Å². The van der Waals surface area contributed by atoms with Gasteiger partial charge in [-0.2, -0.15) is 13.2 Å². The second-order valence-electron chi connectivity index (χ2n) is 7.53. The Kier molecular flexibility index (Phi) is 5.29. The number of benzene rings is 2. The lowest BCUT2D eigenvalue weighted by Crippen LogP contribution is -2.13. The molecular weight excluding hydrogens is 361 g/mol. The molecule has 28 heavy (non-hydrogen) atoms. The molecule has 0 aromatic heterocycles. The molecule has 0 saturated heterocycles. The standard InChI is InChI=1S/C24H23F3O/c25-24(26,27)22-11-8-19(9-12-22)20-7-3-4-17(14-20)16-28-23-13-10-18-5-1-2-6-21(18)15-23/h3-4,7-8,10-15,19H,1-2,5-6,9,16H2. The van der Waals surface area contributed by atoms with Crippen LogP contribution in [0.15, 0.2) is 66.3 Å². The van der Waals surface area contributed by atoms with Gasteiger partial charge in [-0.25, -0.2) is 0 Å². The van der Waals surface area contributed by atoms with Crippen molar-refractivity contribution in [1.29, 1.82) is 0 Å². The Labute approximate surface area is 163 Å². The zero-order valence-electron chi connectivity index (χ0n) is 15.6. The number of fused-ring (bicyclic) bond motifs is 1. The second-order valence-corrected chi connectivity index (χ2v) is 7.53. The highest BCUT2D eigenvalue weighted by Crippen LogP contribution is 2.34. The van der Waals surface area contributed by atoms with Crippen molar-refractivity contribution in [2.75, 3.05) is 0 Å². The van der Waals surface area contributed by atoms with Gasteiger partial charge in [-0.1, -0.05) is 48.6 Å². The number of aryl methyl sites for hydroxylation is 2. The van der Waals surface area contributed by atoms with Crippen LogP contribution in [0.2, 0.25) is 0 Å². The molecule has 0 fully saturated rings. The van der Waals surface area contributed by atoms with Crippen molar-refractivity contribution >= 4 is 0 Å². The minimum Gasteiger partial charge on any atom is -0.489 e. The lowest BCUT2D eigenvalue weighted by Gasteiger charge is -2.19. The molecule has 0 aliphatic heterocycles. The van der Waals surface area contributed by atoms with E-state index in [0.717, 1.165) is 29.7 Å². The van der Waals surface area contributed by atoms with Crippen molar-refractivity contribution in [3.63, 3.8) is 0 Å². The summed E-state index contributed by atoms with van der Waals surface area (Å²) in [6, 6.07) is 14.3. The molecule has 4 heteroatoms. The molecule has 0 spiro atoms. The van der Waals surface area contributed by atoms with Crippen LogP contribution in [0.3, 0.4) is 0 Å². The third kappa shape index (κ3) is 4.32. The zero-order valence-corrected chi connectivity index (χ0v) is 15.6. The van der Waals surface area contributed by atoms with Gasteiger partial charge >= 0.3 is 6.18 Å². The van der Waals surface area contributed by atoms with Crippen LogP contribution in [0.1, 0.15) is 47.4 Å². The lowest BCUT2D eigenvalue weighted by molar-refractivity contribution is -0.0886. The van der Waals surface area contributed by atoms with Crippen molar-refractivity contribution in [2.45, 2.75) is 50.8 Å². The number of allylic oxidation sites excluding steroid dienone is 4. The highest BCUT2D eigenvalue weighted by atomic mass is 19.4. The fraction of sp³-hybridized carbons (Fsp3) is 0.333. The first kappa shape index (κ1) is 18.9. The van der Waals surface area contributed by atoms with Gasteiger partial charge in [-0.05, 0) is 66.5 Å². The largest absolute Gasteiger partial charge is 0.489 e. The smallest absolute Gasteiger partial charge is 0.416 e. The van der Waals surface area contributed by atoms with Gasteiger partial charge in [0.05, 0.1) is 5.57 Å². The van der Waals surface area contributed by atoms with E-state index in [4.69, 9.17) is 4.74 Å². The van der Waals surface area contributed by atoms with E-state index in [-0.39, 0.29) is 5.92 Å². The number of hydrogen-bond acceptors (Lipinski definition) is 1. The highest BCUT2D eigenvalue weighted by molar-refractivity contribution is 5.38. The molecule has 0 amide bonds. The maximum absolute atomic E-state index is 12.8. The molecule has 4 rings (SSSR count). The van der Waals surface area contributed by atoms with Crippen LogP contribution in [0, 0.1) is 0 Å². The predicted octanol–water partition coefficient (Wildman–Crippen LogP) is 6.68. The maximum atomic E-state index is 12.8.